The van der Waals surface area contributed by atoms with E-state index in [1.165, 1.54) is 4.90 Å². The lowest BCUT2D eigenvalue weighted by atomic mass is 10.1. The van der Waals surface area contributed by atoms with Crippen molar-refractivity contribution in [2.75, 3.05) is 26.2 Å². The first-order valence-electron chi connectivity index (χ1n) is 8.35. The molecule has 0 radical (unpaired) electrons. The quantitative estimate of drug-likeness (QED) is 0.801. The molecule has 2 N–H and O–H groups in total. The van der Waals surface area contributed by atoms with Gasteiger partial charge < -0.3 is 10.6 Å². The number of sulfonamides is 1. The maximum Gasteiger partial charge on any atom is 0.246 e. The van der Waals surface area contributed by atoms with Crippen LogP contribution in [0.15, 0.2) is 53.4 Å². The van der Waals surface area contributed by atoms with Crippen LogP contribution in [0.3, 0.4) is 0 Å². The molecule has 1 amide bonds. The molecule has 1 aliphatic rings. The first-order chi connectivity index (χ1) is 12.8. The first-order valence-corrected chi connectivity index (χ1v) is 9.79. The monoisotopic (exact) mass is 431 g/mol. The van der Waals surface area contributed by atoms with Crippen LogP contribution < -0.4 is 5.73 Å². The molecule has 2 aromatic rings. The molecule has 2 aromatic carbocycles. The lowest BCUT2D eigenvalue weighted by molar-refractivity contribution is -0.133. The number of carbonyl (C=O) groups excluding carboxylic acids is 1. The minimum absolute atomic E-state index is 0. The lowest BCUT2D eigenvalue weighted by Gasteiger charge is -2.35. The molecule has 6 nitrogen and oxygen atoms in total. The number of amides is 1. The minimum atomic E-state index is -4.11. The number of hydrogen-bond donors (Lipinski definition) is 1. The van der Waals surface area contributed by atoms with Crippen LogP contribution in [0.4, 0.5) is 8.78 Å². The number of hydrogen-bond acceptors (Lipinski definition) is 4. The van der Waals surface area contributed by atoms with Crippen molar-refractivity contribution in [3.63, 3.8) is 0 Å². The summed E-state index contributed by atoms with van der Waals surface area (Å²) in [5, 5.41) is 0. The molecule has 0 spiro atoms. The van der Waals surface area contributed by atoms with Crippen molar-refractivity contribution in [2.45, 2.75) is 10.9 Å². The zero-order valence-electron chi connectivity index (χ0n) is 14.8. The van der Waals surface area contributed by atoms with Gasteiger partial charge in [-0.05, 0) is 17.7 Å². The largest absolute Gasteiger partial charge is 0.338 e. The molecule has 1 saturated heterocycles. The van der Waals surface area contributed by atoms with Crippen LogP contribution in [0.5, 0.6) is 0 Å². The van der Waals surface area contributed by atoms with Crippen LogP contribution in [0.25, 0.3) is 0 Å². The Hall–Kier alpha value is -2.07. The minimum Gasteiger partial charge on any atom is -0.338 e. The van der Waals surface area contributed by atoms with Crippen molar-refractivity contribution >= 4 is 28.3 Å². The van der Waals surface area contributed by atoms with Crippen molar-refractivity contribution in [3.05, 3.63) is 65.7 Å². The smallest absolute Gasteiger partial charge is 0.246 e. The molecule has 0 aliphatic carbocycles. The van der Waals surface area contributed by atoms with Gasteiger partial charge in [-0.1, -0.05) is 30.3 Å². The van der Waals surface area contributed by atoms with Crippen molar-refractivity contribution in [1.82, 2.24) is 9.21 Å². The third-order valence-electron chi connectivity index (χ3n) is 4.49. The van der Waals surface area contributed by atoms with E-state index in [2.05, 4.69) is 0 Å². The summed E-state index contributed by atoms with van der Waals surface area (Å²) in [5.41, 5.74) is 6.68. The SMILES string of the molecule is Cl.NC(C(=O)N1CCN(S(=O)(=O)c2ccc(F)cc2F)CC1)c1ccccc1. The number of nitrogens with zero attached hydrogens (tertiary/aromatic N) is 2. The van der Waals surface area contributed by atoms with E-state index in [4.69, 9.17) is 5.73 Å². The molecule has 1 heterocycles. The second-order valence-corrected chi connectivity index (χ2v) is 8.10. The Balaban J connectivity index is 0.00000280. The molecular formula is C18H20ClF2N3O3S. The molecule has 28 heavy (non-hydrogen) atoms. The fourth-order valence-electron chi connectivity index (χ4n) is 2.97. The van der Waals surface area contributed by atoms with E-state index in [0.29, 0.717) is 11.6 Å². The predicted molar refractivity (Wildman–Crippen MR) is 102 cm³/mol. The van der Waals surface area contributed by atoms with Gasteiger partial charge in [-0.3, -0.25) is 4.79 Å². The average Bonchev–Trinajstić information content (AvgIpc) is 2.67. The van der Waals surface area contributed by atoms with Gasteiger partial charge in [0.2, 0.25) is 15.9 Å². The number of benzene rings is 2. The summed E-state index contributed by atoms with van der Waals surface area (Å²) < 4.78 is 53.2. The Labute approximate surface area is 168 Å². The fourth-order valence-corrected chi connectivity index (χ4v) is 4.44. The summed E-state index contributed by atoms with van der Waals surface area (Å²) in [6.45, 7) is 0.293. The fraction of sp³-hybridized carbons (Fsp3) is 0.278. The Bertz CT molecular complexity index is 936. The molecule has 0 bridgehead atoms. The van der Waals surface area contributed by atoms with E-state index in [9.17, 15) is 22.0 Å². The van der Waals surface area contributed by atoms with Crippen molar-refractivity contribution < 1.29 is 22.0 Å². The van der Waals surface area contributed by atoms with Crippen molar-refractivity contribution in [2.24, 2.45) is 5.73 Å². The molecule has 1 fully saturated rings. The summed E-state index contributed by atoms with van der Waals surface area (Å²) in [7, 11) is -4.11. The number of nitrogens with two attached hydrogens (primary N) is 1. The van der Waals surface area contributed by atoms with Gasteiger partial charge in [0, 0.05) is 32.2 Å². The summed E-state index contributed by atoms with van der Waals surface area (Å²) in [6.07, 6.45) is 0. The lowest BCUT2D eigenvalue weighted by Crippen LogP contribution is -2.52. The van der Waals surface area contributed by atoms with E-state index in [1.54, 1.807) is 24.3 Å². The van der Waals surface area contributed by atoms with E-state index in [-0.39, 0.29) is 44.5 Å². The number of piperazine rings is 1. The molecular weight excluding hydrogens is 412 g/mol. The zero-order valence-corrected chi connectivity index (χ0v) is 16.4. The Morgan fingerprint density at radius 3 is 2.18 bits per heavy atom. The van der Waals surface area contributed by atoms with Crippen LogP contribution in [-0.2, 0) is 14.8 Å². The van der Waals surface area contributed by atoms with E-state index >= 15 is 0 Å². The molecule has 3 rings (SSSR count). The number of halogens is 3. The molecule has 1 atom stereocenters. The molecule has 1 unspecified atom stereocenters. The van der Waals surface area contributed by atoms with E-state index in [1.807, 2.05) is 6.07 Å². The topological polar surface area (TPSA) is 83.7 Å². The summed E-state index contributed by atoms with van der Waals surface area (Å²) in [6, 6.07) is 10.4. The molecule has 152 valence electrons. The van der Waals surface area contributed by atoms with Crippen LogP contribution in [0.2, 0.25) is 0 Å². The highest BCUT2D eigenvalue weighted by Crippen LogP contribution is 2.22. The van der Waals surface area contributed by atoms with Crippen LogP contribution in [0.1, 0.15) is 11.6 Å². The van der Waals surface area contributed by atoms with Crippen LogP contribution in [-0.4, -0.2) is 49.7 Å². The average molecular weight is 432 g/mol. The maximum absolute atomic E-state index is 13.9. The van der Waals surface area contributed by atoms with Gasteiger partial charge in [0.15, 0.2) is 0 Å². The van der Waals surface area contributed by atoms with Gasteiger partial charge in [-0.25, -0.2) is 17.2 Å². The first kappa shape index (κ1) is 22.2. The molecule has 10 heteroatoms. The molecule has 0 saturated carbocycles. The summed E-state index contributed by atoms with van der Waals surface area (Å²) in [5.74, 6) is -2.29. The third kappa shape index (κ3) is 4.49. The normalized spacial score (nSPS) is 16.3. The second-order valence-electron chi connectivity index (χ2n) is 6.19. The van der Waals surface area contributed by atoms with E-state index in [0.717, 1.165) is 16.4 Å². The summed E-state index contributed by atoms with van der Waals surface area (Å²) in [4.78, 5) is 13.5. The third-order valence-corrected chi connectivity index (χ3v) is 6.42. The maximum atomic E-state index is 13.9. The molecule has 0 aromatic heterocycles. The Morgan fingerprint density at radius 2 is 1.61 bits per heavy atom. The second kappa shape index (κ2) is 8.95. The zero-order chi connectivity index (χ0) is 19.6. The van der Waals surface area contributed by atoms with E-state index < -0.39 is 32.6 Å². The highest BCUT2D eigenvalue weighted by atomic mass is 35.5. The standard InChI is InChI=1S/C18H19F2N3O3S.ClH/c19-14-6-7-16(15(20)12-14)27(25,26)23-10-8-22(9-11-23)18(24)17(21)13-4-2-1-3-5-13;/h1-7,12,17H,8-11,21H2;1H. The van der Waals surface area contributed by atoms with Gasteiger partial charge in [0.05, 0.1) is 0 Å². The van der Waals surface area contributed by atoms with Gasteiger partial charge >= 0.3 is 0 Å². The highest BCUT2D eigenvalue weighted by molar-refractivity contribution is 7.89. The van der Waals surface area contributed by atoms with Gasteiger partial charge in [0.25, 0.3) is 0 Å². The van der Waals surface area contributed by atoms with Crippen LogP contribution >= 0.6 is 12.4 Å². The van der Waals surface area contributed by atoms with Crippen molar-refractivity contribution in [1.29, 1.82) is 0 Å². The van der Waals surface area contributed by atoms with Gasteiger partial charge in [-0.2, -0.15) is 4.31 Å². The predicted octanol–water partition coefficient (Wildman–Crippen LogP) is 1.92. The Kier molecular flexibility index (Phi) is 7.11. The molecule has 1 aliphatic heterocycles. The van der Waals surface area contributed by atoms with Gasteiger partial charge in [-0.15, -0.1) is 12.4 Å². The number of carbonyl (C=O) groups is 1. The van der Waals surface area contributed by atoms with Gasteiger partial charge in [0.1, 0.15) is 22.6 Å². The summed E-state index contributed by atoms with van der Waals surface area (Å²) >= 11 is 0. The Morgan fingerprint density at radius 1 is 1.00 bits per heavy atom. The van der Waals surface area contributed by atoms with Crippen LogP contribution in [0, 0.1) is 11.6 Å². The van der Waals surface area contributed by atoms with Crippen molar-refractivity contribution in [3.8, 4) is 0 Å². The number of rotatable bonds is 4. The highest BCUT2D eigenvalue weighted by Gasteiger charge is 2.33.